The molecule has 5 rings (SSSR count). The monoisotopic (exact) mass is 651 g/mol. The van der Waals surface area contributed by atoms with Crippen LogP contribution in [0.3, 0.4) is 0 Å². The van der Waals surface area contributed by atoms with Crippen molar-refractivity contribution in [1.82, 2.24) is 5.32 Å². The summed E-state index contributed by atoms with van der Waals surface area (Å²) in [5, 5.41) is 65.5. The third-order valence-corrected chi connectivity index (χ3v) is 8.08. The number of hydrogen-bond donors (Lipinski definition) is 7. The molecule has 0 unspecified atom stereocenters. The van der Waals surface area contributed by atoms with Gasteiger partial charge in [-0.3, -0.25) is 4.79 Å². The van der Waals surface area contributed by atoms with Crippen LogP contribution in [0.25, 0.3) is 6.08 Å². The van der Waals surface area contributed by atoms with Gasteiger partial charge in [-0.05, 0) is 61.4 Å². The summed E-state index contributed by atoms with van der Waals surface area (Å²) in [4.78, 5) is 12.9. The number of halogens is 2. The molecule has 1 saturated carbocycles. The quantitative estimate of drug-likeness (QED) is 0.144. The highest BCUT2D eigenvalue weighted by Crippen LogP contribution is 2.34. The number of amides is 1. The molecule has 0 bridgehead atoms. The van der Waals surface area contributed by atoms with Crippen LogP contribution in [-0.2, 0) is 19.0 Å². The van der Waals surface area contributed by atoms with Crippen molar-refractivity contribution >= 4 is 12.0 Å². The van der Waals surface area contributed by atoms with Gasteiger partial charge in [-0.15, -0.1) is 0 Å². The van der Waals surface area contributed by atoms with Gasteiger partial charge >= 0.3 is 0 Å². The van der Waals surface area contributed by atoms with E-state index in [1.54, 1.807) is 6.92 Å². The fourth-order valence-corrected chi connectivity index (χ4v) is 5.48. The largest absolute Gasteiger partial charge is 0.504 e. The van der Waals surface area contributed by atoms with Crippen LogP contribution in [0, 0.1) is 11.6 Å². The van der Waals surface area contributed by atoms with E-state index in [0.29, 0.717) is 17.2 Å². The standard InChI is InChI=1S/C31H35F2NO12/c1-13(7-8-42-19-6-4-16(32)11-17(19)33)27-25(39)26(40)31(46-27)45-20-5-3-15(10-18(20)35)9-14(2)30(41)34-21-22(36)24(38)29-28(23(21)37)43-12-44-29/h3-7,9-11,21-29,31,35-40H,8,12H2,1-2H3,(H,34,41)/t21-,22+,23-,24-,25+,26+,27-,28+,29-,31-/m1/s1. The third kappa shape index (κ3) is 7.01. The first-order chi connectivity index (χ1) is 21.8. The average molecular weight is 652 g/mol. The number of benzene rings is 2. The van der Waals surface area contributed by atoms with Crippen molar-refractivity contribution in [2.75, 3.05) is 13.4 Å². The van der Waals surface area contributed by atoms with Gasteiger partial charge in [0.1, 0.15) is 68.0 Å². The molecule has 0 aromatic heterocycles. The Labute approximate surface area is 261 Å². The van der Waals surface area contributed by atoms with E-state index in [9.17, 15) is 44.2 Å². The van der Waals surface area contributed by atoms with Crippen molar-refractivity contribution in [3.63, 3.8) is 0 Å². The summed E-state index contributed by atoms with van der Waals surface area (Å²) < 4.78 is 53.9. The molecular formula is C31H35F2NO12. The first-order valence-corrected chi connectivity index (χ1v) is 14.4. The Kier molecular flexibility index (Phi) is 10.2. The molecule has 2 aromatic carbocycles. The Hall–Kier alpha value is -3.67. The van der Waals surface area contributed by atoms with Crippen LogP contribution in [-0.4, -0.2) is 111 Å². The Bertz CT molecular complexity index is 1490. The molecule has 3 aliphatic rings. The van der Waals surface area contributed by atoms with E-state index in [0.717, 1.165) is 12.1 Å². The van der Waals surface area contributed by atoms with Crippen LogP contribution in [0.15, 0.2) is 53.6 Å². The molecule has 0 spiro atoms. The molecule has 2 aromatic rings. The van der Waals surface area contributed by atoms with Crippen molar-refractivity contribution in [1.29, 1.82) is 0 Å². The molecule has 1 amide bonds. The van der Waals surface area contributed by atoms with Crippen LogP contribution >= 0.6 is 0 Å². The minimum absolute atomic E-state index is 0.0938. The van der Waals surface area contributed by atoms with Gasteiger partial charge in [-0.25, -0.2) is 8.78 Å². The lowest BCUT2D eigenvalue weighted by Crippen LogP contribution is -2.67. The van der Waals surface area contributed by atoms with Gasteiger partial charge in [0.15, 0.2) is 23.1 Å². The molecule has 7 N–H and O–H groups in total. The van der Waals surface area contributed by atoms with Crippen LogP contribution in [0.5, 0.6) is 17.2 Å². The highest BCUT2D eigenvalue weighted by Gasteiger charge is 2.53. The predicted molar refractivity (Wildman–Crippen MR) is 153 cm³/mol. The summed E-state index contributed by atoms with van der Waals surface area (Å²) >= 11 is 0. The normalized spacial score (nSPS) is 33.1. The number of rotatable bonds is 9. The van der Waals surface area contributed by atoms with E-state index in [4.69, 9.17) is 23.7 Å². The molecule has 1 aliphatic carbocycles. The smallest absolute Gasteiger partial charge is 0.247 e. The zero-order valence-electron chi connectivity index (χ0n) is 24.7. The molecule has 0 radical (unpaired) electrons. The van der Waals surface area contributed by atoms with Crippen LogP contribution < -0.4 is 14.8 Å². The molecular weight excluding hydrogens is 616 g/mol. The summed E-state index contributed by atoms with van der Waals surface area (Å²) in [6, 6.07) is 5.77. The second-order valence-corrected chi connectivity index (χ2v) is 11.3. The van der Waals surface area contributed by atoms with Crippen molar-refractivity contribution in [2.45, 2.75) is 75.0 Å². The summed E-state index contributed by atoms with van der Waals surface area (Å²) in [5.41, 5.74) is 0.948. The number of phenols is 1. The zero-order valence-corrected chi connectivity index (χ0v) is 24.7. The second kappa shape index (κ2) is 14.0. The number of aliphatic hydroxyl groups excluding tert-OH is 5. The number of ether oxygens (including phenoxy) is 5. The second-order valence-electron chi connectivity index (χ2n) is 11.3. The number of carbonyl (C=O) groups excluding carboxylic acids is 1. The molecule has 46 heavy (non-hydrogen) atoms. The fraction of sp³-hybridized carbons (Fsp3) is 0.452. The third-order valence-electron chi connectivity index (χ3n) is 8.08. The molecule has 250 valence electrons. The predicted octanol–water partition coefficient (Wildman–Crippen LogP) is 0.247. The van der Waals surface area contributed by atoms with E-state index in [1.807, 2.05) is 0 Å². The Balaban J connectivity index is 1.18. The Morgan fingerprint density at radius 3 is 2.33 bits per heavy atom. The Morgan fingerprint density at radius 2 is 1.63 bits per heavy atom. The van der Waals surface area contributed by atoms with E-state index in [1.165, 1.54) is 37.3 Å². The minimum Gasteiger partial charge on any atom is -0.504 e. The summed E-state index contributed by atoms with van der Waals surface area (Å²) in [7, 11) is 0. The lowest BCUT2D eigenvalue weighted by Gasteiger charge is -2.41. The van der Waals surface area contributed by atoms with Crippen LogP contribution in [0.2, 0.25) is 0 Å². The SMILES string of the molecule is CC(=Cc1ccc(O[C@@H]2O[C@H](C(C)=CCOc3ccc(F)cc3F)[C@@H](O)[C@@H]2O)c(O)c1)C(=O)N[C@@H]1[C@H](O)[C@@H](O)[C@H]2OCO[C@H]2[C@@H]1O. The topological polar surface area (TPSA) is 197 Å². The number of fused-ring (bicyclic) bond motifs is 1. The average Bonchev–Trinajstić information content (AvgIpc) is 3.62. The van der Waals surface area contributed by atoms with Gasteiger partial charge in [0.2, 0.25) is 12.2 Å². The lowest BCUT2D eigenvalue weighted by molar-refractivity contribution is -0.155. The maximum Gasteiger partial charge on any atom is 0.247 e. The maximum atomic E-state index is 13.8. The van der Waals surface area contributed by atoms with Crippen molar-refractivity contribution in [3.8, 4) is 17.2 Å². The highest BCUT2D eigenvalue weighted by molar-refractivity contribution is 5.97. The highest BCUT2D eigenvalue weighted by atomic mass is 19.1. The van der Waals surface area contributed by atoms with E-state index >= 15 is 0 Å². The number of carbonyl (C=O) groups is 1. The minimum atomic E-state index is -1.51. The van der Waals surface area contributed by atoms with Gasteiger partial charge < -0.3 is 59.6 Å². The molecule has 2 saturated heterocycles. The molecule has 2 heterocycles. The molecule has 13 nitrogen and oxygen atoms in total. The molecule has 10 atom stereocenters. The van der Waals surface area contributed by atoms with Gasteiger partial charge in [0.25, 0.3) is 0 Å². The number of aromatic hydroxyl groups is 1. The number of hydrogen-bond acceptors (Lipinski definition) is 12. The first-order valence-electron chi connectivity index (χ1n) is 14.4. The summed E-state index contributed by atoms with van der Waals surface area (Å²) in [5.74, 6) is -2.92. The number of aliphatic hydroxyl groups is 5. The molecule has 15 heteroatoms. The maximum absolute atomic E-state index is 13.8. The summed E-state index contributed by atoms with van der Waals surface area (Å²) in [6.45, 7) is 2.76. The van der Waals surface area contributed by atoms with E-state index < -0.39 is 78.7 Å². The van der Waals surface area contributed by atoms with Crippen molar-refractivity contribution < 1.29 is 67.9 Å². The van der Waals surface area contributed by atoms with Crippen molar-refractivity contribution in [3.05, 3.63) is 70.8 Å². The molecule has 3 fully saturated rings. The lowest BCUT2D eigenvalue weighted by atomic mass is 9.83. The van der Waals surface area contributed by atoms with Crippen LogP contribution in [0.4, 0.5) is 8.78 Å². The number of phenolic OH excluding ortho intramolecular Hbond substituents is 1. The fourth-order valence-electron chi connectivity index (χ4n) is 5.48. The summed E-state index contributed by atoms with van der Waals surface area (Å²) in [6.07, 6.45) is -8.49. The van der Waals surface area contributed by atoms with Gasteiger partial charge in [0.05, 0.1) is 6.04 Å². The zero-order chi connectivity index (χ0) is 33.3. The van der Waals surface area contributed by atoms with E-state index in [-0.39, 0.29) is 36.2 Å². The van der Waals surface area contributed by atoms with Crippen LogP contribution in [0.1, 0.15) is 19.4 Å². The van der Waals surface area contributed by atoms with Gasteiger partial charge in [0, 0.05) is 11.6 Å². The molecule has 2 aliphatic heterocycles. The van der Waals surface area contributed by atoms with Gasteiger partial charge in [-0.1, -0.05) is 6.07 Å². The van der Waals surface area contributed by atoms with Crippen molar-refractivity contribution in [2.24, 2.45) is 0 Å². The first kappa shape index (κ1) is 33.7. The Morgan fingerprint density at radius 1 is 0.935 bits per heavy atom. The van der Waals surface area contributed by atoms with Gasteiger partial charge in [-0.2, -0.15) is 0 Å². The van der Waals surface area contributed by atoms with E-state index in [2.05, 4.69) is 5.32 Å². The number of nitrogens with one attached hydrogen (secondary N) is 1.